The Labute approximate surface area is 207 Å². The van der Waals surface area contributed by atoms with Crippen LogP contribution in [0.15, 0.2) is 41.5 Å². The first kappa shape index (κ1) is 23.7. The van der Waals surface area contributed by atoms with E-state index in [-0.39, 0.29) is 23.3 Å². The first-order chi connectivity index (χ1) is 16.8. The van der Waals surface area contributed by atoms with E-state index in [0.29, 0.717) is 28.4 Å². The van der Waals surface area contributed by atoms with Crippen LogP contribution < -0.4 is 5.73 Å². The standard InChI is InChI=1S/C27H26F2N4OS/c1-26(23-14-27(23,35-25(30)33-26)24(34)17-6-4-3-5-7-17)19-12-16(8-10-20(19)28)13-21(29)22-11-9-18(31-2)15-32-22/h8-13,15,17,23H,3-7,14H2,1H3,(H2,30,33)/b21-13-/t23-,26+,27-/m0/s1. The molecule has 0 radical (unpaired) electrons. The van der Waals surface area contributed by atoms with Gasteiger partial charge in [-0.2, -0.15) is 0 Å². The summed E-state index contributed by atoms with van der Waals surface area (Å²) in [5, 5.41) is 0.293. The van der Waals surface area contributed by atoms with Crippen molar-refractivity contribution in [2.24, 2.45) is 22.6 Å². The number of nitrogens with two attached hydrogens (primary N) is 1. The maximum absolute atomic E-state index is 15.2. The number of Topliss-reactive ketones (excluding diaryl/α,β-unsaturated/α-hetero) is 1. The molecule has 0 saturated heterocycles. The Balaban J connectivity index is 1.47. The lowest BCUT2D eigenvalue weighted by atomic mass is 9.80. The molecule has 0 amide bonds. The van der Waals surface area contributed by atoms with E-state index in [0.717, 1.165) is 32.1 Å². The molecule has 8 heteroatoms. The molecule has 3 atom stereocenters. The van der Waals surface area contributed by atoms with Crippen molar-refractivity contribution >= 4 is 40.3 Å². The highest BCUT2D eigenvalue weighted by Gasteiger charge is 2.70. The molecule has 2 aromatic rings. The minimum Gasteiger partial charge on any atom is -0.378 e. The molecule has 2 N–H and O–H groups in total. The van der Waals surface area contributed by atoms with Crippen LogP contribution in [0.4, 0.5) is 14.5 Å². The Bertz CT molecular complexity index is 1280. The average molecular weight is 493 g/mol. The lowest BCUT2D eigenvalue weighted by Gasteiger charge is -2.35. The second kappa shape index (κ2) is 8.87. The molecule has 180 valence electrons. The van der Waals surface area contributed by atoms with Gasteiger partial charge in [0.1, 0.15) is 11.6 Å². The van der Waals surface area contributed by atoms with E-state index in [4.69, 9.17) is 12.3 Å². The Kier molecular flexibility index (Phi) is 6.00. The van der Waals surface area contributed by atoms with Gasteiger partial charge in [0.25, 0.3) is 0 Å². The number of fused-ring (bicyclic) bond motifs is 1. The third-order valence-electron chi connectivity index (χ3n) is 7.56. The summed E-state index contributed by atoms with van der Waals surface area (Å²) < 4.78 is 29.4. The molecular weight excluding hydrogens is 466 g/mol. The number of carbonyl (C=O) groups excluding carboxylic acids is 1. The van der Waals surface area contributed by atoms with Crippen LogP contribution in [0.25, 0.3) is 16.7 Å². The highest BCUT2D eigenvalue weighted by Crippen LogP contribution is 2.67. The van der Waals surface area contributed by atoms with Gasteiger partial charge in [0.05, 0.1) is 22.6 Å². The topological polar surface area (TPSA) is 72.7 Å². The lowest BCUT2D eigenvalue weighted by molar-refractivity contribution is -0.124. The van der Waals surface area contributed by atoms with E-state index in [2.05, 4.69) is 14.8 Å². The predicted octanol–water partition coefficient (Wildman–Crippen LogP) is 6.42. The molecule has 0 unspecified atom stereocenters. The van der Waals surface area contributed by atoms with Crippen molar-refractivity contribution < 1.29 is 13.6 Å². The monoisotopic (exact) mass is 492 g/mol. The number of aliphatic imine (C=N–C) groups is 1. The number of hydrogen-bond donors (Lipinski definition) is 1. The zero-order valence-corrected chi connectivity index (χ0v) is 20.2. The Morgan fingerprint density at radius 2 is 2.03 bits per heavy atom. The van der Waals surface area contributed by atoms with Gasteiger partial charge in [-0.05, 0) is 56.0 Å². The van der Waals surface area contributed by atoms with Gasteiger partial charge in [0.2, 0.25) is 5.69 Å². The molecule has 1 aromatic carbocycles. The Morgan fingerprint density at radius 1 is 1.26 bits per heavy atom. The Morgan fingerprint density at radius 3 is 2.71 bits per heavy atom. The number of halogens is 2. The van der Waals surface area contributed by atoms with Crippen LogP contribution in [0.3, 0.4) is 0 Å². The largest absolute Gasteiger partial charge is 0.378 e. The zero-order chi connectivity index (χ0) is 24.8. The maximum atomic E-state index is 15.2. The van der Waals surface area contributed by atoms with Crippen molar-refractivity contribution in [2.45, 2.75) is 55.7 Å². The fourth-order valence-corrected chi connectivity index (χ4v) is 7.14. The quantitative estimate of drug-likeness (QED) is 0.489. The number of hydrogen-bond acceptors (Lipinski definition) is 5. The summed E-state index contributed by atoms with van der Waals surface area (Å²) in [7, 11) is 0. The van der Waals surface area contributed by atoms with Crippen LogP contribution in [0.5, 0.6) is 0 Å². The molecule has 2 fully saturated rings. The summed E-state index contributed by atoms with van der Waals surface area (Å²) in [6.07, 6.45) is 8.29. The lowest BCUT2D eigenvalue weighted by Crippen LogP contribution is -2.42. The fourth-order valence-electron chi connectivity index (χ4n) is 5.64. The molecule has 3 aliphatic rings. The molecule has 0 spiro atoms. The van der Waals surface area contributed by atoms with Crippen molar-refractivity contribution in [3.63, 3.8) is 0 Å². The number of benzene rings is 1. The van der Waals surface area contributed by atoms with E-state index in [1.807, 2.05) is 6.92 Å². The molecule has 2 aliphatic carbocycles. The number of carbonyl (C=O) groups is 1. The molecule has 5 rings (SSSR count). The average Bonchev–Trinajstić information content (AvgIpc) is 3.62. The van der Waals surface area contributed by atoms with Gasteiger partial charge in [0.15, 0.2) is 11.0 Å². The fraction of sp³-hybridized carbons (Fsp3) is 0.407. The number of pyridine rings is 1. The van der Waals surface area contributed by atoms with Crippen LogP contribution in [-0.2, 0) is 10.3 Å². The molecule has 2 saturated carbocycles. The molecule has 35 heavy (non-hydrogen) atoms. The van der Waals surface area contributed by atoms with E-state index < -0.39 is 21.9 Å². The van der Waals surface area contributed by atoms with Gasteiger partial charge in [0, 0.05) is 23.6 Å². The summed E-state index contributed by atoms with van der Waals surface area (Å²) in [6.45, 7) is 8.82. The van der Waals surface area contributed by atoms with Gasteiger partial charge in [-0.3, -0.25) is 14.8 Å². The number of ketones is 1. The highest BCUT2D eigenvalue weighted by molar-refractivity contribution is 8.15. The third-order valence-corrected chi connectivity index (χ3v) is 8.88. The smallest absolute Gasteiger partial charge is 0.205 e. The van der Waals surface area contributed by atoms with Crippen LogP contribution in [0.1, 0.15) is 62.3 Å². The normalized spacial score (nSPS) is 28.6. The summed E-state index contributed by atoms with van der Waals surface area (Å²) in [5.41, 5.74) is 6.38. The second-order valence-electron chi connectivity index (χ2n) is 9.79. The van der Waals surface area contributed by atoms with Crippen LogP contribution >= 0.6 is 11.8 Å². The van der Waals surface area contributed by atoms with Crippen LogP contribution in [0, 0.1) is 24.2 Å². The van der Waals surface area contributed by atoms with E-state index in [1.165, 1.54) is 48.3 Å². The molecule has 1 aromatic heterocycles. The van der Waals surface area contributed by atoms with Crippen molar-refractivity contribution in [1.82, 2.24) is 4.98 Å². The van der Waals surface area contributed by atoms with Gasteiger partial charge < -0.3 is 5.73 Å². The molecular formula is C27H26F2N4OS. The van der Waals surface area contributed by atoms with Gasteiger partial charge in [-0.25, -0.2) is 13.6 Å². The van der Waals surface area contributed by atoms with Crippen LogP contribution in [0.2, 0.25) is 0 Å². The summed E-state index contributed by atoms with van der Waals surface area (Å²) >= 11 is 1.34. The number of aromatic nitrogens is 1. The predicted molar refractivity (Wildman–Crippen MR) is 135 cm³/mol. The number of amidine groups is 1. The van der Waals surface area contributed by atoms with E-state index in [1.54, 1.807) is 6.07 Å². The van der Waals surface area contributed by atoms with E-state index in [9.17, 15) is 9.18 Å². The molecule has 1 aliphatic heterocycles. The second-order valence-corrected chi connectivity index (χ2v) is 11.1. The third kappa shape index (κ3) is 4.16. The zero-order valence-electron chi connectivity index (χ0n) is 19.4. The molecule has 2 heterocycles. The Hall–Kier alpha value is -3.05. The van der Waals surface area contributed by atoms with Gasteiger partial charge in [-0.15, -0.1) is 0 Å². The first-order valence-corrected chi connectivity index (χ1v) is 12.7. The van der Waals surface area contributed by atoms with Gasteiger partial charge in [-0.1, -0.05) is 43.2 Å². The minimum atomic E-state index is -1.01. The van der Waals surface area contributed by atoms with Crippen molar-refractivity contribution in [2.75, 3.05) is 0 Å². The van der Waals surface area contributed by atoms with Gasteiger partial charge >= 0.3 is 0 Å². The SMILES string of the molecule is [C-]#[N+]c1ccc(/C(F)=C/c2ccc(F)c([C@@]3(C)N=C(N)S[C@@]4(C(=O)C5CCCCC5)C[C@H]43)c2)nc1. The van der Waals surface area contributed by atoms with Crippen molar-refractivity contribution in [3.05, 3.63) is 70.6 Å². The molecule has 5 nitrogen and oxygen atoms in total. The van der Waals surface area contributed by atoms with Crippen LogP contribution in [-0.4, -0.2) is 20.7 Å². The number of nitrogens with zero attached hydrogens (tertiary/aromatic N) is 3. The molecule has 0 bridgehead atoms. The highest BCUT2D eigenvalue weighted by atomic mass is 32.2. The number of rotatable bonds is 5. The minimum absolute atomic E-state index is 0.0337. The van der Waals surface area contributed by atoms with Crippen molar-refractivity contribution in [1.29, 1.82) is 0 Å². The first-order valence-electron chi connectivity index (χ1n) is 11.9. The van der Waals surface area contributed by atoms with Crippen molar-refractivity contribution in [3.8, 4) is 0 Å². The summed E-state index contributed by atoms with van der Waals surface area (Å²) in [4.78, 5) is 25.5. The summed E-state index contributed by atoms with van der Waals surface area (Å²) in [6, 6.07) is 7.31. The summed E-state index contributed by atoms with van der Waals surface area (Å²) in [5.74, 6) is -0.958. The maximum Gasteiger partial charge on any atom is 0.205 e. The number of thioether (sulfide) groups is 1. The van der Waals surface area contributed by atoms with E-state index >= 15 is 4.39 Å².